The zero-order valence-electron chi connectivity index (χ0n) is 56.9. The molecule has 0 spiro atoms. The van der Waals surface area contributed by atoms with Gasteiger partial charge in [-0.15, -0.1) is 12.8 Å². The Morgan fingerprint density at radius 1 is 0.375 bits per heavy atom. The summed E-state index contributed by atoms with van der Waals surface area (Å²) < 4.78 is 80.6. The molecule has 0 heterocycles. The molecule has 0 unspecified atom stereocenters. The second kappa shape index (κ2) is 33.2. The van der Waals surface area contributed by atoms with Crippen LogP contribution in [0.25, 0.3) is 0 Å². The lowest BCUT2D eigenvalue weighted by Crippen LogP contribution is -2.14. The van der Waals surface area contributed by atoms with Gasteiger partial charge in [0.25, 0.3) is 0 Å². The smallest absolute Gasteiger partial charge is 0.142 e. The van der Waals surface area contributed by atoms with Gasteiger partial charge in [0, 0.05) is 25.1 Å². The number of aryl methyl sites for hydroxylation is 3. The van der Waals surface area contributed by atoms with Crippen molar-refractivity contribution in [3.63, 3.8) is 0 Å². The number of benzene rings is 7. The van der Waals surface area contributed by atoms with Gasteiger partial charge in [-0.1, -0.05) is 257 Å². The average molecular weight is 1380 g/mol. The monoisotopic (exact) mass is 1370 g/mol. The maximum atomic E-state index is 13.5. The highest BCUT2D eigenvalue weighted by Gasteiger charge is 2.23. The Labute approximate surface area is 554 Å². The van der Waals surface area contributed by atoms with E-state index < -0.39 is 11.6 Å². The molecule has 7 aromatic carbocycles. The van der Waals surface area contributed by atoms with Gasteiger partial charge >= 0.3 is 0 Å². The van der Waals surface area contributed by atoms with Crippen LogP contribution in [0.5, 0.6) is 0 Å². The molecule has 0 amide bonds. The Morgan fingerprint density at radius 3 is 1.25 bits per heavy atom. The van der Waals surface area contributed by atoms with Crippen LogP contribution < -0.4 is 0 Å². The van der Waals surface area contributed by atoms with E-state index in [4.69, 9.17) is 36.0 Å². The summed E-state index contributed by atoms with van der Waals surface area (Å²) in [5.74, 6) is 3.01. The van der Waals surface area contributed by atoms with Crippen LogP contribution in [-0.2, 0) is 37.9 Å². The summed E-state index contributed by atoms with van der Waals surface area (Å²) in [6, 6.07) is 34.1. The van der Waals surface area contributed by atoms with E-state index in [2.05, 4.69) is 185 Å². The number of rotatable bonds is 0. The highest BCUT2D eigenvalue weighted by Crippen LogP contribution is 2.37. The van der Waals surface area contributed by atoms with Crippen molar-refractivity contribution in [1.82, 2.24) is 0 Å². The number of halogens is 10. The summed E-state index contributed by atoms with van der Waals surface area (Å²) in [6.07, 6.45) is 10.5. The van der Waals surface area contributed by atoms with E-state index in [9.17, 15) is 26.3 Å². The lowest BCUT2D eigenvalue weighted by Gasteiger charge is -2.21. The molecule has 10 heteroatoms. The largest absolute Gasteiger partial charge is 0.207 e. The second-order valence-electron chi connectivity index (χ2n) is 29.1. The number of hydrogen-bond acceptors (Lipinski definition) is 0. The molecule has 0 atom stereocenters. The molecule has 0 N–H and O–H groups in total. The first kappa shape index (κ1) is 80.8. The van der Waals surface area contributed by atoms with E-state index in [0.29, 0.717) is 20.6 Å². The Kier molecular flexibility index (Phi) is 30.5. The third-order valence-corrected chi connectivity index (χ3v) is 16.4. The van der Waals surface area contributed by atoms with Crippen molar-refractivity contribution >= 4 is 55.1 Å². The Balaban J connectivity index is 0.000000513. The van der Waals surface area contributed by atoms with Crippen molar-refractivity contribution in [2.45, 2.75) is 211 Å². The fourth-order valence-corrected chi connectivity index (χ4v) is 10.4. The minimum absolute atomic E-state index is 0.0132. The fourth-order valence-electron chi connectivity index (χ4n) is 8.10. The predicted molar refractivity (Wildman–Crippen MR) is 376 cm³/mol. The van der Waals surface area contributed by atoms with Crippen LogP contribution >= 0.6 is 55.1 Å². The fraction of sp³-hybridized carbons (Fsp3) is 0.410. The summed E-state index contributed by atoms with van der Waals surface area (Å²) in [5.41, 5.74) is 11.6. The SMILES string of the molecule is C#Cc1cc(C(C)(C)C)ccc1F.C#Cc1cccc(C(C)(C)C)c1.CC(C)(C)c1ccc(F)c(Cl)c1Br.Cc1c(F)ccc(C(C)(C)C)c1F.Cc1cc(C(C)(C)C)c(F)cc1Cl.Cc1cc(C(C)(C)C)ccc1F.Cc1ccc(C(C)(C)C)c(Br)c1. The zero-order valence-corrected chi connectivity index (χ0v) is 61.6. The topological polar surface area (TPSA) is 0 Å². The molecule has 0 nitrogen and oxygen atoms in total. The predicted octanol–water partition coefficient (Wildman–Crippen LogP) is 25.8. The Morgan fingerprint density at radius 2 is 0.807 bits per heavy atom. The van der Waals surface area contributed by atoms with Crippen LogP contribution in [0.1, 0.15) is 218 Å². The molecule has 88 heavy (non-hydrogen) atoms. The van der Waals surface area contributed by atoms with Crippen LogP contribution in [-0.4, -0.2) is 0 Å². The molecule has 0 aromatic heterocycles. The first-order valence-electron chi connectivity index (χ1n) is 29.2. The summed E-state index contributed by atoms with van der Waals surface area (Å²) in [7, 11) is 0. The summed E-state index contributed by atoms with van der Waals surface area (Å²) in [6.45, 7) is 50.9. The average Bonchev–Trinajstić information content (AvgIpc) is 2.09. The third kappa shape index (κ3) is 26.3. The third-order valence-electron chi connectivity index (χ3n) is 13.9. The van der Waals surface area contributed by atoms with Crippen molar-refractivity contribution in [3.05, 3.63) is 241 Å². The van der Waals surface area contributed by atoms with Gasteiger partial charge in [-0.3, -0.25) is 0 Å². The van der Waals surface area contributed by atoms with Gasteiger partial charge in [0.1, 0.15) is 34.9 Å². The molecule has 0 aliphatic rings. The van der Waals surface area contributed by atoms with Gasteiger partial charge in [0.15, 0.2) is 0 Å². The van der Waals surface area contributed by atoms with E-state index in [-0.39, 0.29) is 71.8 Å². The minimum Gasteiger partial charge on any atom is -0.207 e. The van der Waals surface area contributed by atoms with E-state index in [1.807, 2.05) is 78.8 Å². The van der Waals surface area contributed by atoms with Gasteiger partial charge in [0.05, 0.1) is 10.6 Å². The van der Waals surface area contributed by atoms with Crippen LogP contribution in [0, 0.1) is 87.3 Å². The molecule has 0 saturated carbocycles. The Bertz CT molecular complexity index is 3430. The van der Waals surface area contributed by atoms with Crippen molar-refractivity contribution in [3.8, 4) is 24.7 Å². The Hall–Kier alpha value is -5.22. The van der Waals surface area contributed by atoms with Crippen molar-refractivity contribution in [2.24, 2.45) is 0 Å². The lowest BCUT2D eigenvalue weighted by atomic mass is 9.85. The maximum Gasteiger partial charge on any atom is 0.142 e. The van der Waals surface area contributed by atoms with Crippen LogP contribution in [0.4, 0.5) is 26.3 Å². The quantitative estimate of drug-likeness (QED) is 0.0807. The normalized spacial score (nSPS) is 11.6. The van der Waals surface area contributed by atoms with Crippen molar-refractivity contribution in [2.75, 3.05) is 0 Å². The highest BCUT2D eigenvalue weighted by molar-refractivity contribution is 9.11. The second-order valence-corrected chi connectivity index (χ2v) is 31.5. The number of terminal acetylenes is 2. The molecular formula is C78H96Br2Cl2F6. The van der Waals surface area contributed by atoms with Crippen LogP contribution in [0.3, 0.4) is 0 Å². The van der Waals surface area contributed by atoms with E-state index in [1.165, 1.54) is 70.0 Å². The van der Waals surface area contributed by atoms with E-state index >= 15 is 0 Å². The molecule has 7 aromatic rings. The van der Waals surface area contributed by atoms with Crippen molar-refractivity contribution < 1.29 is 26.3 Å². The van der Waals surface area contributed by atoms with Crippen LogP contribution in [0.2, 0.25) is 10.0 Å². The summed E-state index contributed by atoms with van der Waals surface area (Å²) in [4.78, 5) is 0. The summed E-state index contributed by atoms with van der Waals surface area (Å²) in [5, 5.41) is 0.651. The standard InChI is InChI=1S/C12H13F.C12H14.C11H15Br.C11H14ClF.C11H14F2.C11H15F.C10H11BrClF/c1-5-9-8-10(12(2,3)4)6-7-11(9)13;1-5-10-7-6-8-11(9-10)12(2,3)4;1-8-5-6-9(10(12)7-8)11(2,3)4;1-7-5-8(11(2,3)4)10(13)6-9(7)12;1-7-9(12)6-5-8(10(7)13)11(2,3)4;1-8-7-9(11(2,3)4)5-6-10(8)12;1-10(2,3)6-4-5-7(13)9(12)8(6)11/h1,6-8H,2-4H3;1,6-9H,2-4H3;5-7H,1-4H3;2*5-6H,1-4H3;5-7H,1-4H3;4-5H,1-3H3. The van der Waals surface area contributed by atoms with Gasteiger partial charge in [-0.2, -0.15) is 0 Å². The van der Waals surface area contributed by atoms with Crippen LogP contribution in [0.15, 0.2) is 124 Å². The lowest BCUT2D eigenvalue weighted by molar-refractivity contribution is 0.503. The van der Waals surface area contributed by atoms with Gasteiger partial charge in [-0.25, -0.2) is 26.3 Å². The molecule has 0 aliphatic heterocycles. The molecule has 0 aliphatic carbocycles. The van der Waals surface area contributed by atoms with E-state index in [0.717, 1.165) is 33.4 Å². The zero-order chi connectivity index (χ0) is 68.6. The number of hydrogen-bond donors (Lipinski definition) is 0. The maximum absolute atomic E-state index is 13.5. The molecular weight excluding hydrogens is 1280 g/mol. The molecule has 7 rings (SSSR count). The van der Waals surface area contributed by atoms with Gasteiger partial charge < -0.3 is 0 Å². The van der Waals surface area contributed by atoms with Gasteiger partial charge in [0.2, 0.25) is 0 Å². The first-order valence-corrected chi connectivity index (χ1v) is 31.6. The molecule has 0 fully saturated rings. The molecule has 478 valence electrons. The molecule has 0 bridgehead atoms. The highest BCUT2D eigenvalue weighted by atomic mass is 79.9. The molecule has 0 saturated heterocycles. The van der Waals surface area contributed by atoms with E-state index in [1.54, 1.807) is 25.1 Å². The minimum atomic E-state index is -0.481. The van der Waals surface area contributed by atoms with Crippen molar-refractivity contribution in [1.29, 1.82) is 0 Å². The molecule has 0 radical (unpaired) electrons. The van der Waals surface area contributed by atoms with Gasteiger partial charge in [-0.05, 0) is 192 Å². The summed E-state index contributed by atoms with van der Waals surface area (Å²) >= 11 is 18.4. The first-order chi connectivity index (χ1) is 39.8.